The molecule has 0 radical (unpaired) electrons. The second-order valence-corrected chi connectivity index (χ2v) is 10.5. The van der Waals surface area contributed by atoms with Gasteiger partial charge in [0.1, 0.15) is 11.6 Å². The Balaban J connectivity index is 1.66. The van der Waals surface area contributed by atoms with Gasteiger partial charge in [0.15, 0.2) is 5.78 Å². The van der Waals surface area contributed by atoms with E-state index in [-0.39, 0.29) is 64.7 Å². The number of carboxylic acid groups (broad SMARTS) is 1. The van der Waals surface area contributed by atoms with E-state index in [4.69, 9.17) is 5.11 Å². The van der Waals surface area contributed by atoms with Crippen LogP contribution in [-0.2, 0) is 19.2 Å². The maximum atomic E-state index is 13.6. The zero-order chi connectivity index (χ0) is 21.1. The van der Waals surface area contributed by atoms with E-state index in [9.17, 15) is 19.2 Å². The van der Waals surface area contributed by atoms with Crippen LogP contribution in [0.2, 0.25) is 0 Å². The largest absolute Gasteiger partial charge is 0.481 e. The van der Waals surface area contributed by atoms with E-state index < -0.39 is 11.4 Å². The molecule has 0 spiro atoms. The average Bonchev–Trinajstić information content (AvgIpc) is 3.01. The van der Waals surface area contributed by atoms with E-state index >= 15 is 0 Å². The first-order valence-corrected chi connectivity index (χ1v) is 11.1. The number of rotatable bonds is 4. The molecule has 158 valence electrons. The van der Waals surface area contributed by atoms with Crippen LogP contribution in [-0.4, -0.2) is 28.4 Å². The van der Waals surface area contributed by atoms with Gasteiger partial charge in [0.05, 0.1) is 0 Å². The minimum atomic E-state index is -0.799. The van der Waals surface area contributed by atoms with Gasteiger partial charge in [-0.1, -0.05) is 26.8 Å². The smallest absolute Gasteiger partial charge is 0.303 e. The number of carboxylic acids is 1. The molecule has 1 N–H and O–H groups in total. The quantitative estimate of drug-likeness (QED) is 0.774. The van der Waals surface area contributed by atoms with E-state index in [0.29, 0.717) is 25.7 Å². The Labute approximate surface area is 172 Å². The molecule has 3 fully saturated rings. The number of carbonyl (C=O) groups is 4. The first-order chi connectivity index (χ1) is 13.6. The standard InChI is InChI=1S/C24H32O5/c1-13(4-7-21(28)29)16-5-6-17-22-18(12-20(27)24(16,17)3)23(2)9-8-15(25)10-14(23)11-19(22)26/h8-9,13-14,16-18,22H,4-7,10-12H2,1-3H3,(H,28,29)/t13-,14+,16-,17+,18+,22+,23+,24-/m1/s1. The lowest BCUT2D eigenvalue weighted by Crippen LogP contribution is -2.59. The third-order valence-electron chi connectivity index (χ3n) is 9.28. The number of hydrogen-bond acceptors (Lipinski definition) is 4. The fourth-order valence-electron chi connectivity index (χ4n) is 7.55. The number of allylic oxidation sites excluding steroid dienone is 2. The fourth-order valence-corrected chi connectivity index (χ4v) is 7.55. The van der Waals surface area contributed by atoms with Crippen LogP contribution in [0.5, 0.6) is 0 Å². The van der Waals surface area contributed by atoms with E-state index in [1.54, 1.807) is 6.08 Å². The predicted molar refractivity (Wildman–Crippen MR) is 107 cm³/mol. The molecule has 29 heavy (non-hydrogen) atoms. The molecule has 0 aromatic carbocycles. The number of fused-ring (bicyclic) bond motifs is 5. The summed E-state index contributed by atoms with van der Waals surface area (Å²) in [5.41, 5.74) is -0.803. The molecule has 0 amide bonds. The van der Waals surface area contributed by atoms with Gasteiger partial charge < -0.3 is 5.11 Å². The molecule has 0 saturated heterocycles. The van der Waals surface area contributed by atoms with Crippen LogP contribution in [0.4, 0.5) is 0 Å². The van der Waals surface area contributed by atoms with Crippen molar-refractivity contribution < 1.29 is 24.3 Å². The molecule has 8 atom stereocenters. The van der Waals surface area contributed by atoms with Gasteiger partial charge in [0.2, 0.25) is 0 Å². The van der Waals surface area contributed by atoms with E-state index in [1.807, 2.05) is 13.0 Å². The second-order valence-electron chi connectivity index (χ2n) is 10.5. The van der Waals surface area contributed by atoms with Crippen molar-refractivity contribution in [2.75, 3.05) is 0 Å². The number of aliphatic carboxylic acids is 1. The van der Waals surface area contributed by atoms with Crippen LogP contribution in [0.15, 0.2) is 12.2 Å². The summed E-state index contributed by atoms with van der Waals surface area (Å²) in [6, 6.07) is 0. The summed E-state index contributed by atoms with van der Waals surface area (Å²) in [4.78, 5) is 49.8. The highest BCUT2D eigenvalue weighted by molar-refractivity contribution is 5.95. The monoisotopic (exact) mass is 400 g/mol. The molecule has 0 bridgehead atoms. The number of Topliss-reactive ketones (excluding diaryl/α,β-unsaturated/α-hetero) is 2. The minimum Gasteiger partial charge on any atom is -0.481 e. The first-order valence-electron chi connectivity index (χ1n) is 11.1. The zero-order valence-corrected chi connectivity index (χ0v) is 17.6. The number of ketones is 3. The molecule has 0 aliphatic heterocycles. The predicted octanol–water partition coefficient (Wildman–Crippen LogP) is 3.85. The van der Waals surface area contributed by atoms with Crippen molar-refractivity contribution in [2.45, 2.75) is 65.7 Å². The van der Waals surface area contributed by atoms with Crippen LogP contribution >= 0.6 is 0 Å². The SMILES string of the molecule is C[C@H](CCC(=O)O)[C@H]1CC[C@H]2[C@@H]3C(=O)C[C@@H]4CC(=O)C=C[C@]4(C)[C@H]3CC(=O)[C@]12C. The summed E-state index contributed by atoms with van der Waals surface area (Å²) in [5.74, 6) is -0.0230. The van der Waals surface area contributed by atoms with Crippen molar-refractivity contribution in [3.8, 4) is 0 Å². The van der Waals surface area contributed by atoms with Crippen molar-refractivity contribution in [2.24, 2.45) is 46.3 Å². The fraction of sp³-hybridized carbons (Fsp3) is 0.750. The van der Waals surface area contributed by atoms with Gasteiger partial charge in [-0.3, -0.25) is 19.2 Å². The highest BCUT2D eigenvalue weighted by atomic mass is 16.4. The maximum Gasteiger partial charge on any atom is 0.303 e. The number of carbonyl (C=O) groups excluding carboxylic acids is 3. The van der Waals surface area contributed by atoms with Crippen molar-refractivity contribution in [3.05, 3.63) is 12.2 Å². The molecule has 4 aliphatic rings. The van der Waals surface area contributed by atoms with Crippen molar-refractivity contribution in [1.29, 1.82) is 0 Å². The summed E-state index contributed by atoms with van der Waals surface area (Å²) in [6.45, 7) is 6.26. The molecule has 0 unspecified atom stereocenters. The van der Waals surface area contributed by atoms with E-state index in [1.165, 1.54) is 0 Å². The molecule has 4 aliphatic carbocycles. The lowest BCUT2D eigenvalue weighted by molar-refractivity contribution is -0.160. The van der Waals surface area contributed by atoms with Crippen LogP contribution in [0.25, 0.3) is 0 Å². The van der Waals surface area contributed by atoms with Crippen LogP contribution in [0.3, 0.4) is 0 Å². The number of hydrogen-bond donors (Lipinski definition) is 1. The van der Waals surface area contributed by atoms with Crippen LogP contribution in [0, 0.1) is 46.3 Å². The average molecular weight is 401 g/mol. The second kappa shape index (κ2) is 6.88. The molecular formula is C24H32O5. The Morgan fingerprint density at radius 2 is 1.86 bits per heavy atom. The first kappa shape index (κ1) is 20.5. The van der Waals surface area contributed by atoms with Crippen molar-refractivity contribution in [1.82, 2.24) is 0 Å². The maximum absolute atomic E-state index is 13.6. The lowest BCUT2D eigenvalue weighted by Gasteiger charge is -2.57. The van der Waals surface area contributed by atoms with Gasteiger partial charge >= 0.3 is 5.97 Å². The van der Waals surface area contributed by atoms with Crippen molar-refractivity contribution >= 4 is 23.3 Å². The Morgan fingerprint density at radius 1 is 1.14 bits per heavy atom. The molecular weight excluding hydrogens is 368 g/mol. The van der Waals surface area contributed by atoms with Crippen LogP contribution < -0.4 is 0 Å². The van der Waals surface area contributed by atoms with Crippen LogP contribution in [0.1, 0.15) is 65.7 Å². The Hall–Kier alpha value is -1.78. The Bertz CT molecular complexity index is 797. The lowest BCUT2D eigenvalue weighted by atomic mass is 9.45. The highest BCUT2D eigenvalue weighted by Gasteiger charge is 2.65. The highest BCUT2D eigenvalue weighted by Crippen LogP contribution is 2.65. The van der Waals surface area contributed by atoms with Gasteiger partial charge in [0.25, 0.3) is 0 Å². The third-order valence-corrected chi connectivity index (χ3v) is 9.28. The Morgan fingerprint density at radius 3 is 2.55 bits per heavy atom. The summed E-state index contributed by atoms with van der Waals surface area (Å²) in [7, 11) is 0. The van der Waals surface area contributed by atoms with Gasteiger partial charge in [0, 0.05) is 37.0 Å². The third kappa shape index (κ3) is 2.95. The molecule has 0 heterocycles. The molecule has 5 nitrogen and oxygen atoms in total. The molecule has 0 aromatic heterocycles. The normalized spacial score (nSPS) is 44.8. The summed E-state index contributed by atoms with van der Waals surface area (Å²) >= 11 is 0. The van der Waals surface area contributed by atoms with Gasteiger partial charge in [-0.2, -0.15) is 0 Å². The van der Waals surface area contributed by atoms with E-state index in [0.717, 1.165) is 12.8 Å². The summed E-state index contributed by atoms with van der Waals surface area (Å²) in [6.07, 6.45) is 7.34. The molecule has 3 saturated carbocycles. The molecule has 0 aromatic rings. The summed E-state index contributed by atoms with van der Waals surface area (Å²) < 4.78 is 0. The molecule has 4 rings (SSSR count). The van der Waals surface area contributed by atoms with Gasteiger partial charge in [-0.25, -0.2) is 0 Å². The topological polar surface area (TPSA) is 88.5 Å². The van der Waals surface area contributed by atoms with Gasteiger partial charge in [-0.05, 0) is 60.3 Å². The zero-order valence-electron chi connectivity index (χ0n) is 17.6. The van der Waals surface area contributed by atoms with Gasteiger partial charge in [-0.15, -0.1) is 0 Å². The van der Waals surface area contributed by atoms with E-state index in [2.05, 4.69) is 13.8 Å². The van der Waals surface area contributed by atoms with Crippen molar-refractivity contribution in [3.63, 3.8) is 0 Å². The Kier molecular flexibility index (Phi) is 4.86. The molecule has 5 heteroatoms. The summed E-state index contributed by atoms with van der Waals surface area (Å²) in [5, 5.41) is 9.06. The minimum absolute atomic E-state index is 0.0117.